The molecule has 0 radical (unpaired) electrons. The van der Waals surface area contributed by atoms with Gasteiger partial charge in [0, 0.05) is 11.3 Å². The quantitative estimate of drug-likeness (QED) is 0.444. The molecule has 0 spiro atoms. The number of carbonyl (C=O) groups is 2. The molecule has 1 aliphatic heterocycles. The van der Waals surface area contributed by atoms with Crippen molar-refractivity contribution in [2.75, 3.05) is 6.61 Å². The van der Waals surface area contributed by atoms with Crippen LogP contribution in [-0.4, -0.2) is 52.6 Å². The second kappa shape index (κ2) is 7.01. The first-order valence-corrected chi connectivity index (χ1v) is 6.93. The predicted octanol–water partition coefficient (Wildman–Crippen LogP) is 0.260. The minimum atomic E-state index is -1.67. The molecule has 4 atom stereocenters. The molecular formula is C13H21NO8. The summed E-state index contributed by atoms with van der Waals surface area (Å²) in [5.74, 6) is -3.14. The van der Waals surface area contributed by atoms with E-state index in [2.05, 4.69) is 0 Å². The largest absolute Gasteiger partial charge is 0.464 e. The van der Waals surface area contributed by atoms with Gasteiger partial charge in [-0.1, -0.05) is 0 Å². The fraction of sp³-hybridized carbons (Fsp3) is 0.846. The third-order valence-corrected chi connectivity index (χ3v) is 2.95. The fourth-order valence-electron chi connectivity index (χ4n) is 2.16. The van der Waals surface area contributed by atoms with Gasteiger partial charge in [0.05, 0.1) is 6.61 Å². The summed E-state index contributed by atoms with van der Waals surface area (Å²) in [7, 11) is 0. The molecule has 0 aliphatic carbocycles. The standard InChI is InChI=1S/C13H21NO8/c1-5-20-12(17)10-9(14(18)19)7(6-8(15)21-10)11(16)22-13(2,3)4/h7-10,15H,5-6H2,1-4H3. The van der Waals surface area contributed by atoms with Crippen molar-refractivity contribution in [1.82, 2.24) is 0 Å². The van der Waals surface area contributed by atoms with Crippen LogP contribution in [0.25, 0.3) is 0 Å². The predicted molar refractivity (Wildman–Crippen MR) is 72.2 cm³/mol. The lowest BCUT2D eigenvalue weighted by Gasteiger charge is -2.34. The van der Waals surface area contributed by atoms with E-state index >= 15 is 0 Å². The van der Waals surface area contributed by atoms with Crippen LogP contribution in [0.4, 0.5) is 0 Å². The summed E-state index contributed by atoms with van der Waals surface area (Å²) in [6, 6.07) is -1.67. The van der Waals surface area contributed by atoms with Gasteiger partial charge < -0.3 is 19.3 Å². The number of carbonyl (C=O) groups excluding carboxylic acids is 2. The van der Waals surface area contributed by atoms with Crippen LogP contribution < -0.4 is 0 Å². The molecule has 1 saturated heterocycles. The van der Waals surface area contributed by atoms with E-state index in [1.54, 1.807) is 20.8 Å². The highest BCUT2D eigenvalue weighted by Gasteiger charge is 2.54. The number of aliphatic hydroxyl groups is 1. The highest BCUT2D eigenvalue weighted by molar-refractivity contribution is 5.79. The van der Waals surface area contributed by atoms with Crippen molar-refractivity contribution in [3.05, 3.63) is 10.1 Å². The van der Waals surface area contributed by atoms with E-state index in [-0.39, 0.29) is 13.0 Å². The molecular weight excluding hydrogens is 298 g/mol. The number of aliphatic hydroxyl groups excluding tert-OH is 1. The zero-order valence-electron chi connectivity index (χ0n) is 13.0. The minimum Gasteiger partial charge on any atom is -0.464 e. The Bertz CT molecular complexity index is 444. The Labute approximate surface area is 127 Å². The maximum atomic E-state index is 12.2. The molecule has 1 fully saturated rings. The lowest BCUT2D eigenvalue weighted by molar-refractivity contribution is -0.549. The van der Waals surface area contributed by atoms with Gasteiger partial charge in [-0.15, -0.1) is 0 Å². The zero-order valence-corrected chi connectivity index (χ0v) is 13.0. The van der Waals surface area contributed by atoms with E-state index in [1.807, 2.05) is 0 Å². The minimum absolute atomic E-state index is 0.00364. The molecule has 9 nitrogen and oxygen atoms in total. The van der Waals surface area contributed by atoms with Gasteiger partial charge in [-0.05, 0) is 27.7 Å². The van der Waals surface area contributed by atoms with Crippen LogP contribution in [0.3, 0.4) is 0 Å². The van der Waals surface area contributed by atoms with Crippen LogP contribution in [0.5, 0.6) is 0 Å². The lowest BCUT2D eigenvalue weighted by Crippen LogP contribution is -2.56. The average Bonchev–Trinajstić information content (AvgIpc) is 2.35. The number of nitro groups is 1. The van der Waals surface area contributed by atoms with Gasteiger partial charge in [0.2, 0.25) is 6.10 Å². The maximum absolute atomic E-state index is 12.2. The molecule has 1 heterocycles. The number of ether oxygens (including phenoxy) is 3. The van der Waals surface area contributed by atoms with Gasteiger partial charge in [-0.25, -0.2) is 4.79 Å². The summed E-state index contributed by atoms with van der Waals surface area (Å²) >= 11 is 0. The second-order valence-electron chi connectivity index (χ2n) is 5.91. The van der Waals surface area contributed by atoms with Gasteiger partial charge in [0.1, 0.15) is 11.5 Å². The molecule has 126 valence electrons. The van der Waals surface area contributed by atoms with Crippen LogP contribution in [0.15, 0.2) is 0 Å². The van der Waals surface area contributed by atoms with Gasteiger partial charge in [0.15, 0.2) is 6.29 Å². The van der Waals surface area contributed by atoms with Crippen LogP contribution in [0, 0.1) is 16.0 Å². The fourth-order valence-corrected chi connectivity index (χ4v) is 2.16. The number of rotatable bonds is 4. The Kier molecular flexibility index (Phi) is 5.84. The number of nitrogens with zero attached hydrogens (tertiary/aromatic N) is 1. The van der Waals surface area contributed by atoms with E-state index in [9.17, 15) is 24.8 Å². The molecule has 4 unspecified atom stereocenters. The molecule has 0 bridgehead atoms. The Morgan fingerprint density at radius 3 is 2.41 bits per heavy atom. The Balaban J connectivity index is 3.05. The van der Waals surface area contributed by atoms with Crippen LogP contribution in [-0.2, 0) is 23.8 Å². The number of hydrogen-bond donors (Lipinski definition) is 1. The van der Waals surface area contributed by atoms with Crippen LogP contribution in [0.1, 0.15) is 34.1 Å². The summed E-state index contributed by atoms with van der Waals surface area (Å²) < 4.78 is 14.8. The summed E-state index contributed by atoms with van der Waals surface area (Å²) in [5, 5.41) is 20.9. The van der Waals surface area contributed by atoms with Gasteiger partial charge in [0.25, 0.3) is 6.04 Å². The summed E-state index contributed by atoms with van der Waals surface area (Å²) in [5.41, 5.74) is -0.846. The van der Waals surface area contributed by atoms with Crippen LogP contribution >= 0.6 is 0 Å². The molecule has 0 aromatic rings. The van der Waals surface area contributed by atoms with E-state index in [0.29, 0.717) is 0 Å². The van der Waals surface area contributed by atoms with E-state index in [0.717, 1.165) is 0 Å². The first kappa shape index (κ1) is 18.3. The third kappa shape index (κ3) is 4.63. The van der Waals surface area contributed by atoms with Crippen molar-refractivity contribution in [3.63, 3.8) is 0 Å². The van der Waals surface area contributed by atoms with Crippen molar-refractivity contribution >= 4 is 11.9 Å². The zero-order chi connectivity index (χ0) is 17.1. The maximum Gasteiger partial charge on any atom is 0.342 e. The van der Waals surface area contributed by atoms with Crippen molar-refractivity contribution in [1.29, 1.82) is 0 Å². The molecule has 0 amide bonds. The van der Waals surface area contributed by atoms with E-state index < -0.39 is 46.8 Å². The molecule has 22 heavy (non-hydrogen) atoms. The smallest absolute Gasteiger partial charge is 0.342 e. The number of hydrogen-bond acceptors (Lipinski definition) is 8. The highest BCUT2D eigenvalue weighted by atomic mass is 16.7. The van der Waals surface area contributed by atoms with E-state index in [1.165, 1.54) is 6.92 Å². The summed E-state index contributed by atoms with van der Waals surface area (Å²) in [6.07, 6.45) is -3.46. The first-order chi connectivity index (χ1) is 10.1. The monoisotopic (exact) mass is 319 g/mol. The molecule has 0 saturated carbocycles. The lowest BCUT2D eigenvalue weighted by atomic mass is 9.89. The highest BCUT2D eigenvalue weighted by Crippen LogP contribution is 2.29. The van der Waals surface area contributed by atoms with E-state index in [4.69, 9.17) is 14.2 Å². The Morgan fingerprint density at radius 2 is 1.95 bits per heavy atom. The molecule has 0 aromatic carbocycles. The SMILES string of the molecule is CCOC(=O)C1OC(O)CC(C(=O)OC(C)(C)C)C1[N+](=O)[O-]. The normalized spacial score (nSPS) is 28.8. The Morgan fingerprint density at radius 1 is 1.36 bits per heavy atom. The third-order valence-electron chi connectivity index (χ3n) is 2.95. The van der Waals surface area contributed by atoms with Crippen LogP contribution in [0.2, 0.25) is 0 Å². The summed E-state index contributed by atoms with van der Waals surface area (Å²) in [6.45, 7) is 6.37. The van der Waals surface area contributed by atoms with Gasteiger partial charge >= 0.3 is 11.9 Å². The molecule has 1 N–H and O–H groups in total. The molecule has 1 aliphatic rings. The van der Waals surface area contributed by atoms with Gasteiger partial charge in [-0.2, -0.15) is 0 Å². The van der Waals surface area contributed by atoms with Crippen molar-refractivity contribution in [2.24, 2.45) is 5.92 Å². The topological polar surface area (TPSA) is 125 Å². The average molecular weight is 319 g/mol. The molecule has 1 rings (SSSR count). The molecule has 9 heteroatoms. The number of esters is 2. The first-order valence-electron chi connectivity index (χ1n) is 6.93. The van der Waals surface area contributed by atoms with Crippen molar-refractivity contribution in [2.45, 2.75) is 58.2 Å². The molecule has 0 aromatic heterocycles. The second-order valence-corrected chi connectivity index (χ2v) is 5.91. The van der Waals surface area contributed by atoms with Crippen molar-refractivity contribution < 1.29 is 33.8 Å². The summed E-state index contributed by atoms with van der Waals surface area (Å²) in [4.78, 5) is 34.5. The van der Waals surface area contributed by atoms with Crippen molar-refractivity contribution in [3.8, 4) is 0 Å². The van der Waals surface area contributed by atoms with Gasteiger partial charge in [-0.3, -0.25) is 14.9 Å². The Hall–Kier alpha value is -1.74.